The van der Waals surface area contributed by atoms with Crippen molar-refractivity contribution in [2.75, 3.05) is 24.5 Å². The largest absolute Gasteiger partial charge is 0.341 e. The van der Waals surface area contributed by atoms with Crippen LogP contribution in [0.25, 0.3) is 0 Å². The molecular formula is C14H12ClFN2O3. The van der Waals surface area contributed by atoms with Gasteiger partial charge in [0.05, 0.1) is 16.3 Å². The highest BCUT2D eigenvalue weighted by atomic mass is 35.5. The Balaban J connectivity index is 1.90. The normalized spacial score (nSPS) is 17.6. The Bertz CT molecular complexity index is 656. The van der Waals surface area contributed by atoms with E-state index in [1.54, 1.807) is 4.90 Å². The Labute approximate surface area is 125 Å². The molecule has 1 aromatic carbocycles. The van der Waals surface area contributed by atoms with Gasteiger partial charge in [-0.25, -0.2) is 4.39 Å². The molecule has 2 amide bonds. The summed E-state index contributed by atoms with van der Waals surface area (Å²) in [5.41, 5.74) is 0.153. The van der Waals surface area contributed by atoms with Crippen molar-refractivity contribution >= 4 is 34.9 Å². The smallest absolute Gasteiger partial charge is 0.299 e. The third-order valence-electron chi connectivity index (χ3n) is 3.77. The molecule has 0 unspecified atom stereocenters. The Morgan fingerprint density at radius 3 is 2.57 bits per heavy atom. The summed E-state index contributed by atoms with van der Waals surface area (Å²) in [4.78, 5) is 38.6. The molecule has 21 heavy (non-hydrogen) atoms. The summed E-state index contributed by atoms with van der Waals surface area (Å²) in [5, 5.41) is -0.220. The number of nitrogens with zero attached hydrogens (tertiary/aromatic N) is 2. The molecule has 0 aliphatic carbocycles. The number of hydrogen-bond acceptors (Lipinski definition) is 3. The highest BCUT2D eigenvalue weighted by molar-refractivity contribution is 6.53. The molecule has 3 rings (SSSR count). The van der Waals surface area contributed by atoms with E-state index in [1.165, 1.54) is 0 Å². The maximum Gasteiger partial charge on any atom is 0.299 e. The predicted octanol–water partition coefficient (Wildman–Crippen LogP) is 1.63. The molecule has 0 radical (unpaired) electrons. The summed E-state index contributed by atoms with van der Waals surface area (Å²) in [7, 11) is 0. The van der Waals surface area contributed by atoms with Gasteiger partial charge in [0.2, 0.25) is 5.91 Å². The zero-order valence-corrected chi connectivity index (χ0v) is 11.8. The quantitative estimate of drug-likeness (QED) is 0.780. The van der Waals surface area contributed by atoms with Crippen molar-refractivity contribution in [1.29, 1.82) is 0 Å². The molecule has 1 aromatic rings. The van der Waals surface area contributed by atoms with Gasteiger partial charge in [0, 0.05) is 13.1 Å². The van der Waals surface area contributed by atoms with E-state index >= 15 is 0 Å². The van der Waals surface area contributed by atoms with Crippen LogP contribution in [0, 0.1) is 5.82 Å². The average molecular weight is 311 g/mol. The fourth-order valence-electron chi connectivity index (χ4n) is 2.65. The first kappa shape index (κ1) is 14.0. The highest BCUT2D eigenvalue weighted by Crippen LogP contribution is 2.33. The van der Waals surface area contributed by atoms with Crippen molar-refractivity contribution in [3.05, 3.63) is 28.5 Å². The summed E-state index contributed by atoms with van der Waals surface area (Å²) >= 11 is 5.63. The van der Waals surface area contributed by atoms with E-state index in [-0.39, 0.29) is 28.7 Å². The fourth-order valence-corrected chi connectivity index (χ4v) is 2.81. The van der Waals surface area contributed by atoms with E-state index in [1.807, 2.05) is 0 Å². The van der Waals surface area contributed by atoms with Gasteiger partial charge >= 0.3 is 0 Å². The first-order valence-corrected chi connectivity index (χ1v) is 7.00. The van der Waals surface area contributed by atoms with Crippen LogP contribution in [0.4, 0.5) is 10.1 Å². The fraction of sp³-hybridized carbons (Fsp3) is 0.357. The molecule has 1 saturated heterocycles. The van der Waals surface area contributed by atoms with Crippen LogP contribution < -0.4 is 4.90 Å². The second-order valence-corrected chi connectivity index (χ2v) is 5.50. The van der Waals surface area contributed by atoms with Crippen LogP contribution in [0.3, 0.4) is 0 Å². The van der Waals surface area contributed by atoms with E-state index in [0.717, 1.165) is 29.9 Å². The molecule has 0 saturated carbocycles. The van der Waals surface area contributed by atoms with Gasteiger partial charge in [-0.05, 0) is 25.0 Å². The number of Topliss-reactive ketones (excluding diaryl/α,β-unsaturated/α-hetero) is 1. The Morgan fingerprint density at radius 1 is 1.24 bits per heavy atom. The monoisotopic (exact) mass is 310 g/mol. The zero-order valence-electron chi connectivity index (χ0n) is 11.1. The number of halogens is 2. The van der Waals surface area contributed by atoms with Gasteiger partial charge in [0.1, 0.15) is 12.4 Å². The number of amides is 2. The van der Waals surface area contributed by atoms with Crippen LogP contribution in [-0.2, 0) is 9.59 Å². The molecule has 0 N–H and O–H groups in total. The van der Waals surface area contributed by atoms with Crippen molar-refractivity contribution in [1.82, 2.24) is 4.90 Å². The highest BCUT2D eigenvalue weighted by Gasteiger charge is 2.38. The number of carbonyl (C=O) groups is 3. The molecule has 0 atom stereocenters. The van der Waals surface area contributed by atoms with Crippen LogP contribution in [0.5, 0.6) is 0 Å². The average Bonchev–Trinajstić information content (AvgIpc) is 3.05. The van der Waals surface area contributed by atoms with Gasteiger partial charge < -0.3 is 4.90 Å². The summed E-state index contributed by atoms with van der Waals surface area (Å²) in [6.07, 6.45) is 1.86. The van der Waals surface area contributed by atoms with Crippen LogP contribution >= 0.6 is 11.6 Å². The Hall–Kier alpha value is -1.95. The molecule has 2 heterocycles. The first-order valence-electron chi connectivity index (χ1n) is 6.62. The topological polar surface area (TPSA) is 57.7 Å². The van der Waals surface area contributed by atoms with Crippen molar-refractivity contribution in [2.24, 2.45) is 0 Å². The summed E-state index contributed by atoms with van der Waals surface area (Å²) in [5.74, 6) is -2.55. The minimum atomic E-state index is -0.820. The van der Waals surface area contributed by atoms with Crippen LogP contribution in [0.1, 0.15) is 23.2 Å². The number of anilines is 1. The van der Waals surface area contributed by atoms with Crippen molar-refractivity contribution in [2.45, 2.75) is 12.8 Å². The van der Waals surface area contributed by atoms with Gasteiger partial charge in [-0.1, -0.05) is 11.6 Å². The molecule has 0 bridgehead atoms. The Kier molecular flexibility index (Phi) is 3.41. The minimum absolute atomic E-state index is 0.0422. The first-order chi connectivity index (χ1) is 9.99. The summed E-state index contributed by atoms with van der Waals surface area (Å²) in [6.45, 7) is 1.05. The number of carbonyl (C=O) groups excluding carboxylic acids is 3. The molecule has 2 aliphatic heterocycles. The third kappa shape index (κ3) is 2.29. The summed E-state index contributed by atoms with van der Waals surface area (Å²) < 4.78 is 13.6. The second-order valence-electron chi connectivity index (χ2n) is 5.09. The number of likely N-dealkylation sites (tertiary alicyclic amines) is 1. The number of hydrogen-bond donors (Lipinski definition) is 0. The number of benzene rings is 1. The zero-order chi connectivity index (χ0) is 15.1. The molecule has 5 nitrogen and oxygen atoms in total. The van der Waals surface area contributed by atoms with Gasteiger partial charge in [0.15, 0.2) is 0 Å². The van der Waals surface area contributed by atoms with Gasteiger partial charge in [-0.3, -0.25) is 19.3 Å². The molecule has 2 aliphatic rings. The molecular weight excluding hydrogens is 299 g/mol. The molecule has 0 spiro atoms. The van der Waals surface area contributed by atoms with Gasteiger partial charge in [-0.2, -0.15) is 0 Å². The SMILES string of the molecule is O=C1C(=O)N(CC(=O)N2CCCC2)c2cc(F)c(Cl)cc21. The molecule has 0 aromatic heterocycles. The van der Waals surface area contributed by atoms with E-state index in [4.69, 9.17) is 11.6 Å². The lowest BCUT2D eigenvalue weighted by Crippen LogP contribution is -2.41. The van der Waals surface area contributed by atoms with Gasteiger partial charge in [0.25, 0.3) is 11.7 Å². The lowest BCUT2D eigenvalue weighted by atomic mass is 10.1. The molecule has 1 fully saturated rings. The predicted molar refractivity (Wildman–Crippen MR) is 73.9 cm³/mol. The van der Waals surface area contributed by atoms with E-state index in [2.05, 4.69) is 0 Å². The van der Waals surface area contributed by atoms with Crippen molar-refractivity contribution in [3.8, 4) is 0 Å². The van der Waals surface area contributed by atoms with Crippen LogP contribution in [0.2, 0.25) is 5.02 Å². The molecule has 7 heteroatoms. The standard InChI is InChI=1S/C14H12ClFN2O3/c15-9-5-8-11(6-10(9)16)18(14(21)13(8)20)7-12(19)17-3-1-2-4-17/h5-6H,1-4,7H2. The summed E-state index contributed by atoms with van der Waals surface area (Å²) in [6, 6.07) is 2.16. The van der Waals surface area contributed by atoms with E-state index in [0.29, 0.717) is 13.1 Å². The lowest BCUT2D eigenvalue weighted by Gasteiger charge is -2.21. The van der Waals surface area contributed by atoms with E-state index < -0.39 is 17.5 Å². The molecule has 110 valence electrons. The lowest BCUT2D eigenvalue weighted by molar-refractivity contribution is -0.129. The maximum absolute atomic E-state index is 13.6. The Morgan fingerprint density at radius 2 is 1.90 bits per heavy atom. The van der Waals surface area contributed by atoms with Crippen molar-refractivity contribution in [3.63, 3.8) is 0 Å². The van der Waals surface area contributed by atoms with Crippen LogP contribution in [-0.4, -0.2) is 42.1 Å². The van der Waals surface area contributed by atoms with Crippen molar-refractivity contribution < 1.29 is 18.8 Å². The number of fused-ring (bicyclic) bond motifs is 1. The minimum Gasteiger partial charge on any atom is -0.341 e. The number of rotatable bonds is 2. The van der Waals surface area contributed by atoms with Gasteiger partial charge in [-0.15, -0.1) is 0 Å². The van der Waals surface area contributed by atoms with Crippen LogP contribution in [0.15, 0.2) is 12.1 Å². The third-order valence-corrected chi connectivity index (χ3v) is 4.06. The number of ketones is 1. The van der Waals surface area contributed by atoms with E-state index in [9.17, 15) is 18.8 Å². The second kappa shape index (κ2) is 5.11. The maximum atomic E-state index is 13.6.